The number of benzene rings is 1. The second kappa shape index (κ2) is 9.67. The Labute approximate surface area is 139 Å². The molecular weight excluding hydrogens is 312 g/mol. The van der Waals surface area contributed by atoms with Crippen molar-refractivity contribution >= 4 is 15.9 Å². The third kappa shape index (κ3) is 6.71. The van der Waals surface area contributed by atoms with Crippen molar-refractivity contribution in [2.45, 2.75) is 63.8 Å². The summed E-state index contributed by atoms with van der Waals surface area (Å²) in [7, 11) is -3.68. The second-order valence-electron chi connectivity index (χ2n) is 5.75. The first-order chi connectivity index (χ1) is 10.9. The summed E-state index contributed by atoms with van der Waals surface area (Å²) in [5.74, 6) is -0.264. The molecular formula is C17H28N2O3S. The highest BCUT2D eigenvalue weighted by atomic mass is 32.2. The van der Waals surface area contributed by atoms with Crippen molar-refractivity contribution in [1.82, 2.24) is 10.0 Å². The van der Waals surface area contributed by atoms with E-state index in [9.17, 15) is 13.2 Å². The maximum absolute atomic E-state index is 12.3. The zero-order valence-corrected chi connectivity index (χ0v) is 15.1. The van der Waals surface area contributed by atoms with Gasteiger partial charge in [-0.1, -0.05) is 50.8 Å². The van der Waals surface area contributed by atoms with Gasteiger partial charge in [-0.3, -0.25) is 4.79 Å². The Balaban J connectivity index is 2.60. The monoisotopic (exact) mass is 340 g/mol. The van der Waals surface area contributed by atoms with Crippen LogP contribution in [0.5, 0.6) is 0 Å². The predicted octanol–water partition coefficient (Wildman–Crippen LogP) is 2.75. The van der Waals surface area contributed by atoms with E-state index in [-0.39, 0.29) is 10.8 Å². The van der Waals surface area contributed by atoms with Gasteiger partial charge in [0.05, 0.1) is 4.90 Å². The van der Waals surface area contributed by atoms with Crippen LogP contribution < -0.4 is 10.0 Å². The fourth-order valence-corrected chi connectivity index (χ4v) is 3.46. The smallest absolute Gasteiger partial charge is 0.241 e. The van der Waals surface area contributed by atoms with Crippen LogP contribution >= 0.6 is 0 Å². The Morgan fingerprint density at radius 1 is 1.09 bits per heavy atom. The van der Waals surface area contributed by atoms with E-state index < -0.39 is 16.1 Å². The van der Waals surface area contributed by atoms with Crippen molar-refractivity contribution in [1.29, 1.82) is 0 Å². The van der Waals surface area contributed by atoms with E-state index in [0.29, 0.717) is 13.0 Å². The quantitative estimate of drug-likeness (QED) is 0.643. The van der Waals surface area contributed by atoms with Crippen molar-refractivity contribution in [3.05, 3.63) is 29.8 Å². The first-order valence-electron chi connectivity index (χ1n) is 8.27. The Bertz CT molecular complexity index is 582. The van der Waals surface area contributed by atoms with Gasteiger partial charge in [-0.15, -0.1) is 0 Å². The normalized spacial score (nSPS) is 12.8. The number of sulfonamides is 1. The van der Waals surface area contributed by atoms with Crippen LogP contribution in [0.25, 0.3) is 0 Å². The Morgan fingerprint density at radius 2 is 1.74 bits per heavy atom. The molecule has 1 rings (SSSR count). The molecule has 0 aromatic heterocycles. The highest BCUT2D eigenvalue weighted by molar-refractivity contribution is 7.89. The standard InChI is InChI=1S/C17H28N2O3S/c1-4-6-7-8-13-18-17(20)16(5-2)19-23(21,22)15-11-9-14(3)10-12-15/h9-12,16,19H,4-8,13H2,1-3H3,(H,18,20)/t16-/m1/s1. The SMILES string of the molecule is CCCCCCNC(=O)[C@@H](CC)NS(=O)(=O)c1ccc(C)cc1. The van der Waals surface area contributed by atoms with E-state index >= 15 is 0 Å². The molecule has 0 saturated heterocycles. The lowest BCUT2D eigenvalue weighted by atomic mass is 10.2. The maximum atomic E-state index is 12.3. The molecule has 0 fully saturated rings. The molecule has 0 heterocycles. The van der Waals surface area contributed by atoms with Crippen LogP contribution in [0.1, 0.15) is 51.5 Å². The molecule has 130 valence electrons. The molecule has 23 heavy (non-hydrogen) atoms. The van der Waals surface area contributed by atoms with Crippen LogP contribution in [0.15, 0.2) is 29.2 Å². The summed E-state index contributed by atoms with van der Waals surface area (Å²) in [6.07, 6.45) is 4.68. The molecule has 0 spiro atoms. The van der Waals surface area contributed by atoms with E-state index in [1.54, 1.807) is 31.2 Å². The molecule has 1 aromatic carbocycles. The van der Waals surface area contributed by atoms with Crippen LogP contribution in [0.3, 0.4) is 0 Å². The summed E-state index contributed by atoms with van der Waals surface area (Å²) in [6.45, 7) is 6.40. The Hall–Kier alpha value is -1.40. The number of carbonyl (C=O) groups excluding carboxylic acids is 1. The van der Waals surface area contributed by atoms with Gasteiger partial charge < -0.3 is 5.32 Å². The van der Waals surface area contributed by atoms with Crippen LogP contribution in [0.4, 0.5) is 0 Å². The summed E-state index contributed by atoms with van der Waals surface area (Å²) in [5, 5.41) is 2.81. The summed E-state index contributed by atoms with van der Waals surface area (Å²) < 4.78 is 27.2. The minimum Gasteiger partial charge on any atom is -0.355 e. The van der Waals surface area contributed by atoms with E-state index in [2.05, 4.69) is 17.0 Å². The zero-order chi connectivity index (χ0) is 17.3. The molecule has 1 aromatic rings. The fraction of sp³-hybridized carbons (Fsp3) is 0.588. The zero-order valence-electron chi connectivity index (χ0n) is 14.3. The van der Waals surface area contributed by atoms with Gasteiger partial charge in [0.1, 0.15) is 6.04 Å². The second-order valence-corrected chi connectivity index (χ2v) is 7.46. The minimum atomic E-state index is -3.68. The highest BCUT2D eigenvalue weighted by Gasteiger charge is 2.23. The number of unbranched alkanes of at least 4 members (excludes halogenated alkanes) is 3. The fourth-order valence-electron chi connectivity index (χ4n) is 2.18. The molecule has 0 saturated carbocycles. The van der Waals surface area contributed by atoms with Crippen LogP contribution in [0.2, 0.25) is 0 Å². The van der Waals surface area contributed by atoms with Gasteiger partial charge in [-0.05, 0) is 31.9 Å². The lowest BCUT2D eigenvalue weighted by Gasteiger charge is -2.17. The summed E-state index contributed by atoms with van der Waals surface area (Å²) in [4.78, 5) is 12.3. The van der Waals surface area contributed by atoms with Gasteiger partial charge in [-0.25, -0.2) is 8.42 Å². The van der Waals surface area contributed by atoms with Gasteiger partial charge in [0.25, 0.3) is 0 Å². The average Bonchev–Trinajstić information content (AvgIpc) is 2.52. The Kier molecular flexibility index (Phi) is 8.26. The number of rotatable bonds is 10. The molecule has 0 aliphatic heterocycles. The number of aryl methyl sites for hydroxylation is 1. The van der Waals surface area contributed by atoms with Crippen molar-refractivity contribution < 1.29 is 13.2 Å². The molecule has 0 radical (unpaired) electrons. The van der Waals surface area contributed by atoms with Crippen LogP contribution in [0, 0.1) is 6.92 Å². The Morgan fingerprint density at radius 3 is 2.30 bits per heavy atom. The molecule has 2 N–H and O–H groups in total. The third-order valence-corrected chi connectivity index (χ3v) is 5.17. The highest BCUT2D eigenvalue weighted by Crippen LogP contribution is 2.11. The molecule has 0 unspecified atom stereocenters. The van der Waals surface area contributed by atoms with E-state index in [4.69, 9.17) is 0 Å². The molecule has 0 aliphatic carbocycles. The predicted molar refractivity (Wildman–Crippen MR) is 92.7 cm³/mol. The van der Waals surface area contributed by atoms with Gasteiger partial charge in [-0.2, -0.15) is 4.72 Å². The maximum Gasteiger partial charge on any atom is 0.241 e. The summed E-state index contributed by atoms with van der Waals surface area (Å²) in [5.41, 5.74) is 0.987. The minimum absolute atomic E-state index is 0.178. The average molecular weight is 340 g/mol. The van der Waals surface area contributed by atoms with Crippen molar-refractivity contribution in [2.75, 3.05) is 6.54 Å². The molecule has 5 nitrogen and oxygen atoms in total. The van der Waals surface area contributed by atoms with E-state index in [1.165, 1.54) is 0 Å². The number of amides is 1. The van der Waals surface area contributed by atoms with Gasteiger partial charge in [0, 0.05) is 6.54 Å². The largest absolute Gasteiger partial charge is 0.355 e. The number of carbonyl (C=O) groups is 1. The number of nitrogens with one attached hydrogen (secondary N) is 2. The van der Waals surface area contributed by atoms with Crippen molar-refractivity contribution in [3.8, 4) is 0 Å². The van der Waals surface area contributed by atoms with Crippen molar-refractivity contribution in [2.24, 2.45) is 0 Å². The first-order valence-corrected chi connectivity index (χ1v) is 9.75. The lowest BCUT2D eigenvalue weighted by Crippen LogP contribution is -2.46. The molecule has 0 aliphatic rings. The van der Waals surface area contributed by atoms with Crippen LogP contribution in [-0.2, 0) is 14.8 Å². The third-order valence-electron chi connectivity index (χ3n) is 3.68. The van der Waals surface area contributed by atoms with Gasteiger partial charge in [0.2, 0.25) is 15.9 Å². The molecule has 1 amide bonds. The lowest BCUT2D eigenvalue weighted by molar-refractivity contribution is -0.122. The molecule has 1 atom stereocenters. The summed E-state index contributed by atoms with van der Waals surface area (Å²) in [6, 6.07) is 5.83. The summed E-state index contributed by atoms with van der Waals surface area (Å²) >= 11 is 0. The van der Waals surface area contributed by atoms with Gasteiger partial charge >= 0.3 is 0 Å². The molecule has 6 heteroatoms. The number of hydrogen-bond donors (Lipinski definition) is 2. The first kappa shape index (κ1) is 19.6. The topological polar surface area (TPSA) is 75.3 Å². The number of hydrogen-bond acceptors (Lipinski definition) is 3. The molecule has 0 bridgehead atoms. The van der Waals surface area contributed by atoms with Gasteiger partial charge in [0.15, 0.2) is 0 Å². The van der Waals surface area contributed by atoms with Crippen LogP contribution in [-0.4, -0.2) is 26.9 Å². The van der Waals surface area contributed by atoms with Crippen molar-refractivity contribution in [3.63, 3.8) is 0 Å². The van der Waals surface area contributed by atoms with E-state index in [1.807, 2.05) is 6.92 Å². The van der Waals surface area contributed by atoms with E-state index in [0.717, 1.165) is 31.2 Å².